The van der Waals surface area contributed by atoms with Crippen LogP contribution in [0.4, 0.5) is 19.4 Å². The van der Waals surface area contributed by atoms with Crippen molar-refractivity contribution >= 4 is 23.5 Å². The fourth-order valence-corrected chi connectivity index (χ4v) is 3.19. The lowest BCUT2D eigenvalue weighted by Crippen LogP contribution is -2.39. The summed E-state index contributed by atoms with van der Waals surface area (Å²) in [7, 11) is 0. The number of carbonyl (C=O) groups excluding carboxylic acids is 1. The molecule has 0 saturated carbocycles. The van der Waals surface area contributed by atoms with Crippen LogP contribution < -0.4 is 4.90 Å². The highest BCUT2D eigenvalue weighted by Gasteiger charge is 2.26. The number of aromatic nitrogens is 1. The van der Waals surface area contributed by atoms with Crippen LogP contribution in [-0.4, -0.2) is 23.2 Å². The molecule has 162 valence electrons. The highest BCUT2D eigenvalue weighted by molar-refractivity contribution is 6.30. The summed E-state index contributed by atoms with van der Waals surface area (Å²) >= 11 is 6.01. The van der Waals surface area contributed by atoms with Crippen LogP contribution in [-0.2, 0) is 11.2 Å². The molecule has 2 aromatic carbocycles. The summed E-state index contributed by atoms with van der Waals surface area (Å²) in [6.07, 6.45) is 1.19. The zero-order valence-electron chi connectivity index (χ0n) is 17.5. The number of nitrogens with zero attached hydrogens (tertiary/aromatic N) is 2. The van der Waals surface area contributed by atoms with Gasteiger partial charge in [0.15, 0.2) is 0 Å². The standard InChI is InChI=1S/C24H23ClF2N2O2/c1-24(2,3)31-23(30)29(12-10-16-13-19(26)15-20(27)14-16)22-21(5-4-11-28-22)17-6-8-18(25)9-7-17/h4-9,11,13-15H,10,12H2,1-3H3. The molecule has 4 nitrogen and oxygen atoms in total. The molecule has 7 heteroatoms. The van der Waals surface area contributed by atoms with Crippen LogP contribution in [0.15, 0.2) is 60.8 Å². The number of hydrogen-bond acceptors (Lipinski definition) is 3. The first-order valence-electron chi connectivity index (χ1n) is 9.79. The second-order valence-electron chi connectivity index (χ2n) is 8.04. The van der Waals surface area contributed by atoms with E-state index in [1.54, 1.807) is 45.2 Å². The zero-order valence-corrected chi connectivity index (χ0v) is 18.3. The number of benzene rings is 2. The molecule has 0 saturated heterocycles. The van der Waals surface area contributed by atoms with Crippen LogP contribution in [0, 0.1) is 11.6 Å². The Kier molecular flexibility index (Phi) is 6.91. The minimum Gasteiger partial charge on any atom is -0.443 e. The lowest BCUT2D eigenvalue weighted by Gasteiger charge is -2.28. The Labute approximate surface area is 185 Å². The monoisotopic (exact) mass is 444 g/mol. The third-order valence-electron chi connectivity index (χ3n) is 4.36. The van der Waals surface area contributed by atoms with Crippen molar-refractivity contribution in [2.45, 2.75) is 32.8 Å². The summed E-state index contributed by atoms with van der Waals surface area (Å²) in [4.78, 5) is 18.9. The molecule has 1 aromatic heterocycles. The van der Waals surface area contributed by atoms with E-state index in [0.29, 0.717) is 22.0 Å². The van der Waals surface area contributed by atoms with Crippen LogP contribution in [0.5, 0.6) is 0 Å². The summed E-state index contributed by atoms with van der Waals surface area (Å²) < 4.78 is 32.8. The molecule has 0 aliphatic rings. The summed E-state index contributed by atoms with van der Waals surface area (Å²) in [6, 6.07) is 14.1. The predicted octanol–water partition coefficient (Wildman–Crippen LogP) is 6.66. The summed E-state index contributed by atoms with van der Waals surface area (Å²) in [6.45, 7) is 5.42. The molecule has 3 rings (SSSR count). The quantitative estimate of drug-likeness (QED) is 0.441. The Morgan fingerprint density at radius 3 is 2.32 bits per heavy atom. The molecule has 0 aliphatic heterocycles. The van der Waals surface area contributed by atoms with Crippen molar-refractivity contribution in [3.05, 3.63) is 83.0 Å². The molecule has 0 fully saturated rings. The number of carbonyl (C=O) groups is 1. The molecule has 0 N–H and O–H groups in total. The maximum Gasteiger partial charge on any atom is 0.416 e. The lowest BCUT2D eigenvalue weighted by molar-refractivity contribution is 0.0580. The van der Waals surface area contributed by atoms with E-state index in [2.05, 4.69) is 4.98 Å². The second kappa shape index (κ2) is 9.43. The number of pyridine rings is 1. The number of anilines is 1. The van der Waals surface area contributed by atoms with Gasteiger partial charge in [0.25, 0.3) is 0 Å². The molecule has 0 unspecified atom stereocenters. The van der Waals surface area contributed by atoms with E-state index in [1.807, 2.05) is 18.2 Å². The van der Waals surface area contributed by atoms with Crippen LogP contribution in [0.2, 0.25) is 5.02 Å². The molecule has 0 radical (unpaired) electrons. The topological polar surface area (TPSA) is 42.4 Å². The molecule has 1 amide bonds. The zero-order chi connectivity index (χ0) is 22.6. The summed E-state index contributed by atoms with van der Waals surface area (Å²) in [5.74, 6) is -0.951. The molecule has 1 heterocycles. The number of hydrogen-bond donors (Lipinski definition) is 0. The van der Waals surface area contributed by atoms with Gasteiger partial charge in [-0.25, -0.2) is 18.6 Å². The van der Waals surface area contributed by atoms with Gasteiger partial charge in [0.2, 0.25) is 0 Å². The highest BCUT2D eigenvalue weighted by atomic mass is 35.5. The van der Waals surface area contributed by atoms with Gasteiger partial charge < -0.3 is 4.74 Å². The number of amides is 1. The maximum absolute atomic E-state index is 13.6. The fourth-order valence-electron chi connectivity index (χ4n) is 3.06. The van der Waals surface area contributed by atoms with Gasteiger partial charge in [-0.15, -0.1) is 0 Å². The summed E-state index contributed by atoms with van der Waals surface area (Å²) in [5.41, 5.74) is 1.22. The third-order valence-corrected chi connectivity index (χ3v) is 4.61. The first-order valence-corrected chi connectivity index (χ1v) is 10.2. The Morgan fingerprint density at radius 2 is 1.71 bits per heavy atom. The Balaban J connectivity index is 1.98. The maximum atomic E-state index is 13.6. The first-order chi connectivity index (χ1) is 14.6. The van der Waals surface area contributed by atoms with Crippen LogP contribution in [0.25, 0.3) is 11.1 Å². The van der Waals surface area contributed by atoms with Crippen molar-refractivity contribution in [3.8, 4) is 11.1 Å². The van der Waals surface area contributed by atoms with E-state index in [4.69, 9.17) is 16.3 Å². The molecule has 0 atom stereocenters. The van der Waals surface area contributed by atoms with Crippen molar-refractivity contribution in [2.75, 3.05) is 11.4 Å². The highest BCUT2D eigenvalue weighted by Crippen LogP contribution is 2.31. The van der Waals surface area contributed by atoms with Gasteiger partial charge in [0.05, 0.1) is 0 Å². The number of ether oxygens (including phenoxy) is 1. The van der Waals surface area contributed by atoms with E-state index >= 15 is 0 Å². The molecular formula is C24H23ClF2N2O2. The van der Waals surface area contributed by atoms with Gasteiger partial charge in [-0.1, -0.05) is 23.7 Å². The fraction of sp³-hybridized carbons (Fsp3) is 0.250. The van der Waals surface area contributed by atoms with Gasteiger partial charge in [0, 0.05) is 29.4 Å². The van der Waals surface area contributed by atoms with Gasteiger partial charge in [-0.2, -0.15) is 0 Å². The van der Waals surface area contributed by atoms with Crippen molar-refractivity contribution in [1.29, 1.82) is 0 Å². The van der Waals surface area contributed by atoms with E-state index in [9.17, 15) is 13.6 Å². The normalized spacial score (nSPS) is 11.3. The van der Waals surface area contributed by atoms with E-state index < -0.39 is 23.3 Å². The van der Waals surface area contributed by atoms with Crippen LogP contribution in [0.1, 0.15) is 26.3 Å². The van der Waals surface area contributed by atoms with Crippen molar-refractivity contribution in [3.63, 3.8) is 0 Å². The Hall–Kier alpha value is -2.99. The average molecular weight is 445 g/mol. The van der Waals surface area contributed by atoms with Gasteiger partial charge in [0.1, 0.15) is 23.1 Å². The van der Waals surface area contributed by atoms with E-state index in [1.165, 1.54) is 17.0 Å². The molecular weight excluding hydrogens is 422 g/mol. The molecule has 31 heavy (non-hydrogen) atoms. The Morgan fingerprint density at radius 1 is 1.06 bits per heavy atom. The van der Waals surface area contributed by atoms with Gasteiger partial charge >= 0.3 is 6.09 Å². The number of rotatable bonds is 5. The Bertz CT molecular complexity index is 1050. The second-order valence-corrected chi connectivity index (χ2v) is 8.48. The van der Waals surface area contributed by atoms with E-state index in [0.717, 1.165) is 11.6 Å². The van der Waals surface area contributed by atoms with Gasteiger partial charge in [-0.05, 0) is 74.7 Å². The predicted molar refractivity (Wildman–Crippen MR) is 118 cm³/mol. The van der Waals surface area contributed by atoms with Gasteiger partial charge in [-0.3, -0.25) is 4.90 Å². The number of halogens is 3. The molecule has 3 aromatic rings. The lowest BCUT2D eigenvalue weighted by atomic mass is 10.1. The minimum absolute atomic E-state index is 0.120. The SMILES string of the molecule is CC(C)(C)OC(=O)N(CCc1cc(F)cc(F)c1)c1ncccc1-c1ccc(Cl)cc1. The molecule has 0 spiro atoms. The van der Waals surface area contributed by atoms with Crippen molar-refractivity contribution in [1.82, 2.24) is 4.98 Å². The largest absolute Gasteiger partial charge is 0.443 e. The van der Waals surface area contributed by atoms with Crippen molar-refractivity contribution in [2.24, 2.45) is 0 Å². The molecule has 0 bridgehead atoms. The average Bonchev–Trinajstić information content (AvgIpc) is 2.67. The smallest absolute Gasteiger partial charge is 0.416 e. The van der Waals surface area contributed by atoms with Crippen LogP contribution in [0.3, 0.4) is 0 Å². The van der Waals surface area contributed by atoms with E-state index in [-0.39, 0.29) is 13.0 Å². The van der Waals surface area contributed by atoms with Crippen LogP contribution >= 0.6 is 11.6 Å². The molecule has 0 aliphatic carbocycles. The van der Waals surface area contributed by atoms with Crippen molar-refractivity contribution < 1.29 is 18.3 Å². The summed E-state index contributed by atoms with van der Waals surface area (Å²) in [5, 5.41) is 0.589. The first kappa shape index (κ1) is 22.7. The third kappa shape index (κ3) is 6.25. The minimum atomic E-state index is -0.727.